The van der Waals surface area contributed by atoms with Gasteiger partial charge in [0.05, 0.1) is 0 Å². The Kier molecular flexibility index (Phi) is 72.2. The summed E-state index contributed by atoms with van der Waals surface area (Å²) in [7, 11) is -4.64. The molecule has 0 spiro atoms. The van der Waals surface area contributed by atoms with Crippen LogP contribution < -0.4 is 18.9 Å². The molecule has 0 aliphatic heterocycles. The standard InChI is InChI=1S/Fe.Li.H3O4P.3H2O.H/c;;1-5(2,3)4;;;;/h;;(H3,1,2,3,4);3*1H2;/q;+1;;;;;-1. The van der Waals surface area contributed by atoms with Crippen LogP contribution in [0.4, 0.5) is 0 Å². The maximum atomic E-state index is 8.88. The second-order valence-electron chi connectivity index (χ2n) is 0.513. The Bertz CT molecular complexity index is 64.6. The van der Waals surface area contributed by atoms with E-state index in [1.54, 1.807) is 0 Å². The maximum absolute atomic E-state index is 8.88. The van der Waals surface area contributed by atoms with Gasteiger partial charge in [0.1, 0.15) is 0 Å². The van der Waals surface area contributed by atoms with E-state index in [0.29, 0.717) is 0 Å². The number of rotatable bonds is 0. The second-order valence-corrected chi connectivity index (χ2v) is 1.54. The van der Waals surface area contributed by atoms with Crippen molar-refractivity contribution in [1.29, 1.82) is 0 Å². The maximum Gasteiger partial charge on any atom is 1.00 e. The third-order valence-corrected chi connectivity index (χ3v) is 0. The zero-order valence-electron chi connectivity index (χ0n) is 6.05. The first-order valence-corrected chi connectivity index (χ1v) is 2.35. The minimum Gasteiger partial charge on any atom is -1.00 e. The Morgan fingerprint density at radius 3 is 1.00 bits per heavy atom. The van der Waals surface area contributed by atoms with Crippen molar-refractivity contribution >= 4 is 7.82 Å². The molecule has 0 aromatic carbocycles. The van der Waals surface area contributed by atoms with Crippen molar-refractivity contribution in [3.8, 4) is 0 Å². The Hall–Kier alpha value is 1.11. The van der Waals surface area contributed by atoms with Gasteiger partial charge < -0.3 is 32.5 Å². The van der Waals surface area contributed by atoms with Gasteiger partial charge in [0, 0.05) is 17.1 Å². The summed E-state index contributed by atoms with van der Waals surface area (Å²) in [5, 5.41) is 0. The molecule has 0 saturated carbocycles. The first-order valence-electron chi connectivity index (χ1n) is 0.783. The molecule has 0 aliphatic carbocycles. The molecule has 0 saturated heterocycles. The molecule has 0 atom stereocenters. The molecule has 0 unspecified atom stereocenters. The third kappa shape index (κ3) is 489. The first kappa shape index (κ1) is 43.5. The van der Waals surface area contributed by atoms with Gasteiger partial charge in [-0.25, -0.2) is 4.57 Å². The van der Waals surface area contributed by atoms with Crippen LogP contribution in [0, 0.1) is 0 Å². The summed E-state index contributed by atoms with van der Waals surface area (Å²) in [5.74, 6) is 0. The van der Waals surface area contributed by atoms with E-state index in [1.807, 2.05) is 0 Å². The van der Waals surface area contributed by atoms with Crippen LogP contribution in [0.3, 0.4) is 0 Å². The van der Waals surface area contributed by atoms with Crippen LogP contribution >= 0.6 is 7.82 Å². The monoisotopic (exact) mass is 216 g/mol. The summed E-state index contributed by atoms with van der Waals surface area (Å²) in [4.78, 5) is 21.6. The van der Waals surface area contributed by atoms with E-state index in [1.165, 1.54) is 0 Å². The zero-order valence-corrected chi connectivity index (χ0v) is 7.05. The minimum absolute atomic E-state index is 0. The quantitative estimate of drug-likeness (QED) is 0.270. The molecular weight excluding hydrogens is 206 g/mol. The van der Waals surface area contributed by atoms with E-state index in [9.17, 15) is 0 Å². The summed E-state index contributed by atoms with van der Waals surface area (Å²) in [6.07, 6.45) is 0. The van der Waals surface area contributed by atoms with E-state index in [-0.39, 0.29) is 53.8 Å². The fraction of sp³-hybridized carbons (Fsp3) is 0. The molecule has 9 N–H and O–H groups in total. The van der Waals surface area contributed by atoms with Crippen LogP contribution in [0.5, 0.6) is 0 Å². The van der Waals surface area contributed by atoms with Gasteiger partial charge in [-0.2, -0.15) is 0 Å². The van der Waals surface area contributed by atoms with E-state index >= 15 is 0 Å². The van der Waals surface area contributed by atoms with Gasteiger partial charge in [0.25, 0.3) is 0 Å². The molecule has 0 bridgehead atoms. The largest absolute Gasteiger partial charge is 1.00 e. The van der Waals surface area contributed by atoms with Gasteiger partial charge in [0.2, 0.25) is 0 Å². The second kappa shape index (κ2) is 16.6. The van der Waals surface area contributed by atoms with Gasteiger partial charge in [0.15, 0.2) is 0 Å². The smallest absolute Gasteiger partial charge is 1.00 e. The molecule has 0 rings (SSSR count). The Morgan fingerprint density at radius 2 is 1.00 bits per heavy atom. The van der Waals surface area contributed by atoms with Gasteiger partial charge in [-0.15, -0.1) is 0 Å². The predicted molar refractivity (Wildman–Crippen MR) is 26.2 cm³/mol. The van der Waals surface area contributed by atoms with Crippen LogP contribution in [0.1, 0.15) is 1.43 Å². The summed E-state index contributed by atoms with van der Waals surface area (Å²) < 4.78 is 8.88. The van der Waals surface area contributed by atoms with E-state index in [2.05, 4.69) is 0 Å². The molecule has 0 radical (unpaired) electrons. The summed E-state index contributed by atoms with van der Waals surface area (Å²) in [5.41, 5.74) is 0. The van der Waals surface area contributed by atoms with Crippen LogP contribution in [-0.4, -0.2) is 31.1 Å². The van der Waals surface area contributed by atoms with E-state index in [0.717, 1.165) is 0 Å². The van der Waals surface area contributed by atoms with Crippen molar-refractivity contribution in [2.24, 2.45) is 0 Å². The van der Waals surface area contributed by atoms with Crippen LogP contribution in [0.15, 0.2) is 0 Å². The average Bonchev–Trinajstić information content (AvgIpc) is 0.722. The van der Waals surface area contributed by atoms with Crippen molar-refractivity contribution in [3.63, 3.8) is 0 Å². The molecular formula is H10FeLiO7P. The Balaban J connectivity index is -0.00000000533. The molecule has 0 aliphatic rings. The van der Waals surface area contributed by atoms with Crippen LogP contribution in [0.2, 0.25) is 0 Å². The van der Waals surface area contributed by atoms with Crippen molar-refractivity contribution in [2.75, 3.05) is 0 Å². The minimum atomic E-state index is -4.64. The van der Waals surface area contributed by atoms with E-state index in [4.69, 9.17) is 19.2 Å². The van der Waals surface area contributed by atoms with Crippen molar-refractivity contribution in [1.82, 2.24) is 0 Å². The molecule has 0 amide bonds. The molecule has 66 valence electrons. The molecule has 0 heterocycles. The zero-order chi connectivity index (χ0) is 4.50. The topological polar surface area (TPSA) is 172 Å². The summed E-state index contributed by atoms with van der Waals surface area (Å²) in [6.45, 7) is 0. The number of phosphoric acid groups is 1. The van der Waals surface area contributed by atoms with Gasteiger partial charge in [-0.05, 0) is 0 Å². The molecule has 10 heteroatoms. The summed E-state index contributed by atoms with van der Waals surface area (Å²) >= 11 is 0. The Labute approximate surface area is 81.1 Å². The fourth-order valence-corrected chi connectivity index (χ4v) is 0. The number of hydrogen-bond acceptors (Lipinski definition) is 1. The van der Waals surface area contributed by atoms with Crippen molar-refractivity contribution < 1.29 is 73.0 Å². The van der Waals surface area contributed by atoms with E-state index < -0.39 is 7.82 Å². The average molecular weight is 216 g/mol. The number of hydrogen-bond donors (Lipinski definition) is 3. The third-order valence-electron chi connectivity index (χ3n) is 0. The normalized spacial score (nSPS) is 5.90. The molecule has 0 aromatic heterocycles. The first-order chi connectivity index (χ1) is 2.00. The SMILES string of the molecule is O.O.O.O=P(O)(O)O.[Fe].[H-].[Li+]. The molecule has 0 aromatic rings. The van der Waals surface area contributed by atoms with Crippen LogP contribution in [-0.2, 0) is 21.6 Å². The van der Waals surface area contributed by atoms with Gasteiger partial charge >= 0.3 is 26.7 Å². The van der Waals surface area contributed by atoms with Crippen molar-refractivity contribution in [2.45, 2.75) is 0 Å². The van der Waals surface area contributed by atoms with Crippen molar-refractivity contribution in [3.05, 3.63) is 0 Å². The van der Waals surface area contributed by atoms with Gasteiger partial charge in [-0.3, -0.25) is 0 Å². The molecule has 7 nitrogen and oxygen atoms in total. The Morgan fingerprint density at radius 1 is 1.00 bits per heavy atom. The fourth-order valence-electron chi connectivity index (χ4n) is 0. The molecule has 0 fully saturated rings. The van der Waals surface area contributed by atoms with Gasteiger partial charge in [-0.1, -0.05) is 0 Å². The van der Waals surface area contributed by atoms with Crippen LogP contribution in [0.25, 0.3) is 0 Å². The summed E-state index contributed by atoms with van der Waals surface area (Å²) in [6, 6.07) is 0. The molecule has 10 heavy (non-hydrogen) atoms. The predicted octanol–water partition coefficient (Wildman–Crippen LogP) is -6.29.